The number of hydrogen-bond acceptors (Lipinski definition) is 5. The van der Waals surface area contributed by atoms with Crippen molar-refractivity contribution in [3.63, 3.8) is 0 Å². The minimum absolute atomic E-state index is 0.376. The minimum atomic E-state index is 0.376. The summed E-state index contributed by atoms with van der Waals surface area (Å²) in [6.45, 7) is 4.19. The average molecular weight is 376 g/mol. The first kappa shape index (κ1) is 16.6. The lowest BCUT2D eigenvalue weighted by molar-refractivity contribution is 0.248. The van der Waals surface area contributed by atoms with Gasteiger partial charge in [0, 0.05) is 35.6 Å². The lowest BCUT2D eigenvalue weighted by Gasteiger charge is -2.23. The van der Waals surface area contributed by atoms with E-state index in [4.69, 9.17) is 4.98 Å². The summed E-state index contributed by atoms with van der Waals surface area (Å²) in [5.74, 6) is 0. The molecule has 0 unspecified atom stereocenters. The van der Waals surface area contributed by atoms with Crippen LogP contribution in [0.2, 0.25) is 0 Å². The molecular formula is C21H21N5S. The molecule has 27 heavy (non-hydrogen) atoms. The molecule has 1 atom stereocenters. The third-order valence-corrected chi connectivity index (χ3v) is 6.35. The van der Waals surface area contributed by atoms with E-state index in [1.54, 1.807) is 17.5 Å². The molecule has 6 heteroatoms. The molecule has 0 amide bonds. The van der Waals surface area contributed by atoms with Crippen molar-refractivity contribution in [2.75, 3.05) is 6.54 Å². The van der Waals surface area contributed by atoms with Crippen molar-refractivity contribution in [2.45, 2.75) is 32.4 Å². The fourth-order valence-corrected chi connectivity index (χ4v) is 4.77. The number of fused-ring (bicyclic) bond motifs is 1. The molecule has 0 aliphatic carbocycles. The Bertz CT molecular complexity index is 1070. The molecule has 4 aromatic rings. The van der Waals surface area contributed by atoms with Crippen LogP contribution in [0, 0.1) is 6.92 Å². The van der Waals surface area contributed by atoms with Crippen LogP contribution in [0.4, 0.5) is 0 Å². The van der Waals surface area contributed by atoms with Crippen LogP contribution in [-0.2, 0) is 6.54 Å². The number of imidazole rings is 1. The second-order valence-electron chi connectivity index (χ2n) is 7.07. The zero-order chi connectivity index (χ0) is 18.2. The Morgan fingerprint density at radius 3 is 2.96 bits per heavy atom. The first-order chi connectivity index (χ1) is 13.3. The van der Waals surface area contributed by atoms with E-state index in [1.165, 1.54) is 22.5 Å². The Hall–Kier alpha value is -2.57. The Morgan fingerprint density at radius 2 is 2.15 bits per heavy atom. The van der Waals surface area contributed by atoms with E-state index < -0.39 is 0 Å². The topological polar surface area (TPSA) is 46.3 Å². The van der Waals surface area contributed by atoms with Gasteiger partial charge in [-0.05, 0) is 44.0 Å². The van der Waals surface area contributed by atoms with Gasteiger partial charge in [0.1, 0.15) is 0 Å². The number of hydrogen-bond donors (Lipinski definition) is 0. The normalized spacial score (nSPS) is 17.7. The molecule has 136 valence electrons. The average Bonchev–Trinajstić information content (AvgIpc) is 3.42. The van der Waals surface area contributed by atoms with E-state index in [0.717, 1.165) is 36.3 Å². The van der Waals surface area contributed by atoms with Crippen molar-refractivity contribution < 1.29 is 0 Å². The van der Waals surface area contributed by atoms with Crippen molar-refractivity contribution >= 4 is 16.9 Å². The van der Waals surface area contributed by atoms with Gasteiger partial charge < -0.3 is 4.40 Å². The Labute approximate surface area is 162 Å². The molecule has 0 N–H and O–H groups in total. The molecule has 1 fully saturated rings. The number of thiazole rings is 1. The van der Waals surface area contributed by atoms with Crippen molar-refractivity contribution in [1.82, 2.24) is 24.3 Å². The lowest BCUT2D eigenvalue weighted by Crippen LogP contribution is -2.23. The Morgan fingerprint density at radius 1 is 1.19 bits per heavy atom. The van der Waals surface area contributed by atoms with Gasteiger partial charge in [-0.15, -0.1) is 11.3 Å². The summed E-state index contributed by atoms with van der Waals surface area (Å²) < 4.78 is 2.14. The van der Waals surface area contributed by atoms with E-state index in [9.17, 15) is 0 Å². The minimum Gasteiger partial charge on any atom is -0.305 e. The van der Waals surface area contributed by atoms with Gasteiger partial charge in [-0.2, -0.15) is 0 Å². The van der Waals surface area contributed by atoms with Crippen LogP contribution in [0.5, 0.6) is 0 Å². The van der Waals surface area contributed by atoms with Crippen LogP contribution in [0.1, 0.15) is 35.1 Å². The smallest absolute Gasteiger partial charge is 0.0996 e. The standard InChI is InChI=1S/C21H21N5S/c1-15-20(27-14-24-15)12-25-9-3-5-18(25)21-19-7-6-17(11-26(19)13-23-21)16-4-2-8-22-10-16/h2,4,6-8,10-11,13-14,18H,3,5,9,12H2,1H3/t18-/m0/s1. The number of likely N-dealkylation sites (tertiary alicyclic amines) is 1. The SMILES string of the molecule is Cc1ncsc1CN1CCC[C@H]1c1ncn2cc(-c3cccnc3)ccc12. The van der Waals surface area contributed by atoms with Crippen LogP contribution in [0.3, 0.4) is 0 Å². The second-order valence-corrected chi connectivity index (χ2v) is 8.01. The van der Waals surface area contributed by atoms with E-state index >= 15 is 0 Å². The van der Waals surface area contributed by atoms with Crippen LogP contribution in [0.25, 0.3) is 16.6 Å². The molecule has 0 radical (unpaired) electrons. The van der Waals surface area contributed by atoms with E-state index in [1.807, 2.05) is 24.1 Å². The molecule has 5 nitrogen and oxygen atoms in total. The molecule has 5 rings (SSSR count). The van der Waals surface area contributed by atoms with Crippen LogP contribution < -0.4 is 0 Å². The molecular weight excluding hydrogens is 354 g/mol. The lowest BCUT2D eigenvalue weighted by atomic mass is 10.1. The summed E-state index contributed by atoms with van der Waals surface area (Å²) in [6, 6.07) is 8.79. The summed E-state index contributed by atoms with van der Waals surface area (Å²) in [5.41, 5.74) is 7.76. The van der Waals surface area contributed by atoms with Crippen LogP contribution in [0.15, 0.2) is 54.7 Å². The fourth-order valence-electron chi connectivity index (χ4n) is 3.97. The van der Waals surface area contributed by atoms with Crippen molar-refractivity contribution in [1.29, 1.82) is 0 Å². The molecule has 1 aliphatic rings. The fraction of sp³-hybridized carbons (Fsp3) is 0.286. The Balaban J connectivity index is 1.47. The van der Waals surface area contributed by atoms with Crippen LogP contribution in [-0.4, -0.2) is 30.8 Å². The van der Waals surface area contributed by atoms with Gasteiger partial charge in [-0.25, -0.2) is 9.97 Å². The second kappa shape index (κ2) is 6.87. The Kier molecular flexibility index (Phi) is 4.22. The molecule has 5 heterocycles. The first-order valence-corrected chi connectivity index (χ1v) is 10.2. The monoisotopic (exact) mass is 375 g/mol. The third-order valence-electron chi connectivity index (χ3n) is 5.43. The number of aryl methyl sites for hydroxylation is 1. The maximum absolute atomic E-state index is 4.81. The highest BCUT2D eigenvalue weighted by molar-refractivity contribution is 7.09. The maximum atomic E-state index is 4.81. The zero-order valence-corrected chi connectivity index (χ0v) is 16.1. The van der Waals surface area contributed by atoms with Gasteiger partial charge in [-0.3, -0.25) is 9.88 Å². The highest BCUT2D eigenvalue weighted by Gasteiger charge is 2.29. The van der Waals surface area contributed by atoms with Gasteiger partial charge in [0.25, 0.3) is 0 Å². The third kappa shape index (κ3) is 3.05. The maximum Gasteiger partial charge on any atom is 0.0996 e. The van der Waals surface area contributed by atoms with E-state index in [-0.39, 0.29) is 0 Å². The molecule has 0 bridgehead atoms. The number of pyridine rings is 2. The highest BCUT2D eigenvalue weighted by atomic mass is 32.1. The van der Waals surface area contributed by atoms with Gasteiger partial charge in [0.15, 0.2) is 0 Å². The quantitative estimate of drug-likeness (QED) is 0.527. The summed E-state index contributed by atoms with van der Waals surface area (Å²) >= 11 is 1.75. The van der Waals surface area contributed by atoms with E-state index in [0.29, 0.717) is 6.04 Å². The molecule has 1 aliphatic heterocycles. The van der Waals surface area contributed by atoms with Crippen molar-refractivity contribution in [3.8, 4) is 11.1 Å². The highest BCUT2D eigenvalue weighted by Crippen LogP contribution is 2.35. The molecule has 1 saturated heterocycles. The predicted octanol–water partition coefficient (Wildman–Crippen LogP) is 4.50. The number of rotatable bonds is 4. The van der Waals surface area contributed by atoms with Gasteiger partial charge in [-0.1, -0.05) is 12.1 Å². The molecule has 0 spiro atoms. The van der Waals surface area contributed by atoms with Gasteiger partial charge >= 0.3 is 0 Å². The molecule has 0 aromatic carbocycles. The molecule has 0 saturated carbocycles. The largest absolute Gasteiger partial charge is 0.305 e. The van der Waals surface area contributed by atoms with Crippen LogP contribution >= 0.6 is 11.3 Å². The van der Waals surface area contributed by atoms with Gasteiger partial charge in [0.2, 0.25) is 0 Å². The summed E-state index contributed by atoms with van der Waals surface area (Å²) in [5, 5.41) is 0. The molecule has 4 aromatic heterocycles. The van der Waals surface area contributed by atoms with Crippen molar-refractivity contribution in [3.05, 3.63) is 71.0 Å². The number of nitrogens with zero attached hydrogens (tertiary/aromatic N) is 5. The summed E-state index contributed by atoms with van der Waals surface area (Å²) in [4.78, 5) is 17.4. The van der Waals surface area contributed by atoms with E-state index in [2.05, 4.69) is 50.6 Å². The number of aromatic nitrogens is 4. The summed E-state index contributed by atoms with van der Waals surface area (Å²) in [6.07, 6.45) is 10.2. The summed E-state index contributed by atoms with van der Waals surface area (Å²) in [7, 11) is 0. The van der Waals surface area contributed by atoms with Gasteiger partial charge in [0.05, 0.1) is 34.8 Å². The predicted molar refractivity (Wildman–Crippen MR) is 108 cm³/mol. The first-order valence-electron chi connectivity index (χ1n) is 9.29. The van der Waals surface area contributed by atoms with Crippen molar-refractivity contribution in [2.24, 2.45) is 0 Å². The zero-order valence-electron chi connectivity index (χ0n) is 15.2.